The van der Waals surface area contributed by atoms with E-state index in [0.29, 0.717) is 5.02 Å². The van der Waals surface area contributed by atoms with Crippen LogP contribution >= 0.6 is 11.6 Å². The van der Waals surface area contributed by atoms with Crippen LogP contribution in [-0.2, 0) is 14.3 Å². The molecule has 0 spiro atoms. The lowest BCUT2D eigenvalue weighted by Gasteiger charge is -2.08. The molecule has 2 aromatic rings. The van der Waals surface area contributed by atoms with Crippen LogP contribution in [0.1, 0.15) is 24.2 Å². The standard InChI is InChI=1S/C19H15ClO3/c1-13(21)22-17(12-9-14-7-10-16(20)11-8-14)19-18(23-19)15-5-3-2-4-6-15/h2-8,10-11,17-19H,1H3/t17?,18-,19-/m1/s1. The molecule has 1 unspecified atom stereocenters. The molecule has 3 rings (SSSR count). The van der Waals surface area contributed by atoms with Gasteiger partial charge in [-0.25, -0.2) is 0 Å². The number of ether oxygens (including phenoxy) is 2. The zero-order chi connectivity index (χ0) is 16.2. The highest BCUT2D eigenvalue weighted by atomic mass is 35.5. The molecule has 3 nitrogen and oxygen atoms in total. The molecule has 1 heterocycles. The summed E-state index contributed by atoms with van der Waals surface area (Å²) >= 11 is 5.85. The van der Waals surface area contributed by atoms with E-state index in [1.54, 1.807) is 12.1 Å². The van der Waals surface area contributed by atoms with Gasteiger partial charge in [0, 0.05) is 17.5 Å². The molecular formula is C19H15ClO3. The fourth-order valence-corrected chi connectivity index (χ4v) is 2.44. The first-order valence-electron chi connectivity index (χ1n) is 7.28. The van der Waals surface area contributed by atoms with Crippen LogP contribution in [0, 0.1) is 11.8 Å². The number of epoxide rings is 1. The van der Waals surface area contributed by atoms with Crippen molar-refractivity contribution < 1.29 is 14.3 Å². The van der Waals surface area contributed by atoms with Gasteiger partial charge in [-0.15, -0.1) is 0 Å². The summed E-state index contributed by atoms with van der Waals surface area (Å²) in [4.78, 5) is 11.3. The molecule has 2 aromatic carbocycles. The van der Waals surface area contributed by atoms with Crippen molar-refractivity contribution in [3.63, 3.8) is 0 Å². The third kappa shape index (κ3) is 4.13. The average Bonchev–Trinajstić information content (AvgIpc) is 3.34. The molecule has 0 radical (unpaired) electrons. The van der Waals surface area contributed by atoms with Crippen molar-refractivity contribution in [2.24, 2.45) is 0 Å². The van der Waals surface area contributed by atoms with Crippen molar-refractivity contribution in [2.75, 3.05) is 0 Å². The fourth-order valence-electron chi connectivity index (χ4n) is 2.31. The minimum Gasteiger partial charge on any atom is -0.446 e. The van der Waals surface area contributed by atoms with Gasteiger partial charge in [-0.3, -0.25) is 4.79 Å². The number of hydrogen-bond acceptors (Lipinski definition) is 3. The second-order valence-corrected chi connectivity index (χ2v) is 5.67. The highest BCUT2D eigenvalue weighted by Gasteiger charge is 2.47. The molecule has 0 aliphatic carbocycles. The summed E-state index contributed by atoms with van der Waals surface area (Å²) < 4.78 is 11.0. The molecule has 0 amide bonds. The second kappa shape index (κ2) is 6.87. The zero-order valence-corrected chi connectivity index (χ0v) is 13.3. The second-order valence-electron chi connectivity index (χ2n) is 5.24. The summed E-state index contributed by atoms with van der Waals surface area (Å²) in [7, 11) is 0. The van der Waals surface area contributed by atoms with Gasteiger partial charge in [-0.2, -0.15) is 0 Å². The SMILES string of the molecule is CC(=O)OC(C#Cc1ccc(Cl)cc1)[C@H]1O[C@@H]1c1ccccc1. The van der Waals surface area contributed by atoms with Gasteiger partial charge in [-0.05, 0) is 29.8 Å². The van der Waals surface area contributed by atoms with Gasteiger partial charge in [-0.1, -0.05) is 53.8 Å². The Morgan fingerprint density at radius 3 is 2.52 bits per heavy atom. The maximum absolute atomic E-state index is 11.3. The van der Waals surface area contributed by atoms with Crippen LogP contribution in [0.3, 0.4) is 0 Å². The minimum atomic E-state index is -0.589. The highest BCUT2D eigenvalue weighted by Crippen LogP contribution is 2.41. The number of hydrogen-bond donors (Lipinski definition) is 0. The largest absolute Gasteiger partial charge is 0.446 e. The van der Waals surface area contributed by atoms with Gasteiger partial charge in [0.2, 0.25) is 0 Å². The Morgan fingerprint density at radius 2 is 1.87 bits per heavy atom. The van der Waals surface area contributed by atoms with Gasteiger partial charge < -0.3 is 9.47 Å². The molecule has 4 heteroatoms. The summed E-state index contributed by atoms with van der Waals surface area (Å²) in [5.41, 5.74) is 1.87. The van der Waals surface area contributed by atoms with Crippen LogP contribution < -0.4 is 0 Å². The molecule has 116 valence electrons. The molecule has 23 heavy (non-hydrogen) atoms. The van der Waals surface area contributed by atoms with Crippen molar-refractivity contribution in [3.8, 4) is 11.8 Å². The molecular weight excluding hydrogens is 312 g/mol. The average molecular weight is 327 g/mol. The highest BCUT2D eigenvalue weighted by molar-refractivity contribution is 6.30. The third-order valence-corrected chi connectivity index (χ3v) is 3.70. The quantitative estimate of drug-likeness (QED) is 0.489. The number of carbonyl (C=O) groups excluding carboxylic acids is 1. The van der Waals surface area contributed by atoms with Crippen LogP contribution in [0.4, 0.5) is 0 Å². The predicted octanol–water partition coefficient (Wildman–Crippen LogP) is 3.76. The van der Waals surface area contributed by atoms with Crippen LogP contribution in [0.5, 0.6) is 0 Å². The lowest BCUT2D eigenvalue weighted by molar-refractivity contribution is -0.144. The number of halogens is 1. The Bertz CT molecular complexity index is 744. The van der Waals surface area contributed by atoms with E-state index in [9.17, 15) is 4.79 Å². The molecule has 1 aliphatic heterocycles. The van der Waals surface area contributed by atoms with Crippen molar-refractivity contribution in [2.45, 2.75) is 25.2 Å². The molecule has 0 saturated carbocycles. The van der Waals surface area contributed by atoms with Crippen LogP contribution in [-0.4, -0.2) is 18.2 Å². The molecule has 0 bridgehead atoms. The molecule has 0 N–H and O–H groups in total. The van der Waals surface area contributed by atoms with Crippen molar-refractivity contribution in [1.82, 2.24) is 0 Å². The zero-order valence-electron chi connectivity index (χ0n) is 12.5. The van der Waals surface area contributed by atoms with E-state index in [2.05, 4.69) is 11.8 Å². The minimum absolute atomic E-state index is 0.0833. The normalized spacial score (nSPS) is 20.1. The van der Waals surface area contributed by atoms with E-state index in [-0.39, 0.29) is 18.2 Å². The molecule has 1 aliphatic rings. The van der Waals surface area contributed by atoms with Crippen LogP contribution in [0.25, 0.3) is 0 Å². The van der Waals surface area contributed by atoms with Gasteiger partial charge in [0.15, 0.2) is 6.10 Å². The first-order chi connectivity index (χ1) is 11.1. The van der Waals surface area contributed by atoms with E-state index < -0.39 is 6.10 Å². The fraction of sp³-hybridized carbons (Fsp3) is 0.211. The van der Waals surface area contributed by atoms with E-state index in [0.717, 1.165) is 11.1 Å². The maximum atomic E-state index is 11.3. The summed E-state index contributed by atoms with van der Waals surface area (Å²) in [5.74, 6) is 5.62. The van der Waals surface area contributed by atoms with Gasteiger partial charge >= 0.3 is 5.97 Å². The molecule has 1 fully saturated rings. The Kier molecular flexibility index (Phi) is 4.66. The van der Waals surface area contributed by atoms with Crippen molar-refractivity contribution >= 4 is 17.6 Å². The summed E-state index contributed by atoms with van der Waals surface area (Å²) in [6.07, 6.45) is -0.908. The molecule has 0 aromatic heterocycles. The third-order valence-electron chi connectivity index (χ3n) is 3.45. The number of benzene rings is 2. The first-order valence-corrected chi connectivity index (χ1v) is 7.66. The Labute approximate surface area is 140 Å². The lowest BCUT2D eigenvalue weighted by Crippen LogP contribution is -2.21. The summed E-state index contributed by atoms with van der Waals surface area (Å²) in [6.45, 7) is 1.37. The maximum Gasteiger partial charge on any atom is 0.303 e. The van der Waals surface area contributed by atoms with E-state index in [1.165, 1.54) is 6.92 Å². The number of carbonyl (C=O) groups is 1. The van der Waals surface area contributed by atoms with E-state index >= 15 is 0 Å². The number of esters is 1. The van der Waals surface area contributed by atoms with Crippen LogP contribution in [0.2, 0.25) is 5.02 Å². The Hall–Kier alpha value is -2.28. The van der Waals surface area contributed by atoms with Gasteiger partial charge in [0.25, 0.3) is 0 Å². The number of rotatable bonds is 3. The summed E-state index contributed by atoms with van der Waals surface area (Å²) in [6, 6.07) is 17.0. The van der Waals surface area contributed by atoms with E-state index in [4.69, 9.17) is 21.1 Å². The topological polar surface area (TPSA) is 38.8 Å². The van der Waals surface area contributed by atoms with Gasteiger partial charge in [0.05, 0.1) is 0 Å². The van der Waals surface area contributed by atoms with Crippen LogP contribution in [0.15, 0.2) is 54.6 Å². The lowest BCUT2D eigenvalue weighted by atomic mass is 10.1. The van der Waals surface area contributed by atoms with Crippen molar-refractivity contribution in [3.05, 3.63) is 70.7 Å². The molecule has 1 saturated heterocycles. The van der Waals surface area contributed by atoms with Crippen molar-refractivity contribution in [1.29, 1.82) is 0 Å². The first kappa shape index (κ1) is 15.6. The Morgan fingerprint density at radius 1 is 1.17 bits per heavy atom. The van der Waals surface area contributed by atoms with E-state index in [1.807, 2.05) is 42.5 Å². The molecule has 3 atom stereocenters. The monoisotopic (exact) mass is 326 g/mol. The smallest absolute Gasteiger partial charge is 0.303 e. The predicted molar refractivity (Wildman–Crippen MR) is 87.9 cm³/mol. The van der Waals surface area contributed by atoms with Gasteiger partial charge in [0.1, 0.15) is 12.2 Å². The Balaban J connectivity index is 1.75. The summed E-state index contributed by atoms with van der Waals surface area (Å²) in [5, 5.41) is 0.654.